The molecule has 7 nitrogen and oxygen atoms in total. The molecule has 0 amide bonds. The van der Waals surface area contributed by atoms with Crippen LogP contribution in [0, 0.1) is 5.82 Å². The maximum Gasteiger partial charge on any atom is 0.193 e. The highest BCUT2D eigenvalue weighted by Crippen LogP contribution is 2.36. The molecule has 0 spiro atoms. The molecule has 1 aliphatic heterocycles. The number of aryl methyl sites for hydroxylation is 1. The lowest BCUT2D eigenvalue weighted by atomic mass is 10.1. The molecule has 1 aromatic carbocycles. The second-order valence-corrected chi connectivity index (χ2v) is 7.75. The van der Waals surface area contributed by atoms with Crippen LogP contribution >= 0.6 is 0 Å². The molecule has 4 heterocycles. The first-order valence-electron chi connectivity index (χ1n) is 10.1. The maximum absolute atomic E-state index is 14.6. The van der Waals surface area contributed by atoms with E-state index in [9.17, 15) is 9.50 Å². The molecule has 154 valence electrons. The average Bonchev–Trinajstić information content (AvgIpc) is 3.36. The van der Waals surface area contributed by atoms with Crippen LogP contribution in [0.5, 0.6) is 5.75 Å². The summed E-state index contributed by atoms with van der Waals surface area (Å²) < 4.78 is 16.1. The van der Waals surface area contributed by atoms with Crippen LogP contribution in [-0.4, -0.2) is 50.5 Å². The van der Waals surface area contributed by atoms with Crippen molar-refractivity contribution in [1.29, 1.82) is 0 Å². The maximum atomic E-state index is 14.6. The molecule has 30 heavy (non-hydrogen) atoms. The molecule has 4 aromatic rings. The van der Waals surface area contributed by atoms with Crippen LogP contribution in [0.3, 0.4) is 0 Å². The largest absolute Gasteiger partial charge is 0.504 e. The van der Waals surface area contributed by atoms with Gasteiger partial charge in [0.05, 0.1) is 17.6 Å². The number of phenols is 1. The number of hydrogen-bond donors (Lipinski definition) is 2. The topological polar surface area (TPSA) is 79.1 Å². The number of halogens is 1. The molecule has 0 bridgehead atoms. The van der Waals surface area contributed by atoms with Gasteiger partial charge in [0.1, 0.15) is 5.52 Å². The van der Waals surface area contributed by atoms with Gasteiger partial charge >= 0.3 is 0 Å². The minimum atomic E-state index is -0.738. The Labute approximate surface area is 173 Å². The Bertz CT molecular complexity index is 1250. The summed E-state index contributed by atoms with van der Waals surface area (Å²) in [4.78, 5) is 11.4. The molecule has 0 unspecified atom stereocenters. The molecule has 0 saturated carbocycles. The number of rotatable bonds is 4. The third-order valence-corrected chi connectivity index (χ3v) is 5.68. The lowest BCUT2D eigenvalue weighted by Gasteiger charge is -2.19. The van der Waals surface area contributed by atoms with E-state index in [0.29, 0.717) is 28.3 Å². The number of phenolic OH excluding ortho intramolecular Hbond substituents is 1. The summed E-state index contributed by atoms with van der Waals surface area (Å²) in [6.07, 6.45) is 4.66. The Morgan fingerprint density at radius 2 is 2.13 bits per heavy atom. The molecule has 1 fully saturated rings. The predicted molar refractivity (Wildman–Crippen MR) is 115 cm³/mol. The molecule has 0 radical (unpaired) electrons. The fourth-order valence-electron chi connectivity index (χ4n) is 4.20. The van der Waals surface area contributed by atoms with E-state index in [1.807, 2.05) is 12.3 Å². The molecular weight excluding hydrogens is 383 g/mol. The second kappa shape index (κ2) is 7.21. The lowest BCUT2D eigenvalue weighted by molar-refractivity contribution is 0.437. The van der Waals surface area contributed by atoms with E-state index in [-0.39, 0.29) is 5.52 Å². The van der Waals surface area contributed by atoms with Crippen LogP contribution in [0.2, 0.25) is 0 Å². The van der Waals surface area contributed by atoms with Crippen LogP contribution in [0.1, 0.15) is 13.3 Å². The molecule has 1 saturated heterocycles. The number of pyridine rings is 2. The molecule has 1 aliphatic rings. The van der Waals surface area contributed by atoms with Crippen molar-refractivity contribution in [3.05, 3.63) is 42.5 Å². The second-order valence-electron chi connectivity index (χ2n) is 7.75. The van der Waals surface area contributed by atoms with E-state index in [2.05, 4.69) is 38.3 Å². The summed E-state index contributed by atoms with van der Waals surface area (Å²) in [6, 6.07) is 7.99. The summed E-state index contributed by atoms with van der Waals surface area (Å²) in [6.45, 7) is 5.05. The molecule has 0 aliphatic carbocycles. The number of fused-ring (bicyclic) bond motifs is 2. The predicted octanol–water partition coefficient (Wildman–Crippen LogP) is 3.22. The molecule has 1 atom stereocenters. The van der Waals surface area contributed by atoms with Crippen LogP contribution < -0.4 is 10.2 Å². The summed E-state index contributed by atoms with van der Waals surface area (Å²) in [7, 11) is 1.72. The van der Waals surface area contributed by atoms with Crippen molar-refractivity contribution in [1.82, 2.24) is 25.1 Å². The molecule has 5 rings (SSSR count). The summed E-state index contributed by atoms with van der Waals surface area (Å²) in [5, 5.41) is 19.5. The first-order chi connectivity index (χ1) is 14.5. The minimum Gasteiger partial charge on any atom is -0.504 e. The third-order valence-electron chi connectivity index (χ3n) is 5.68. The van der Waals surface area contributed by atoms with Crippen molar-refractivity contribution in [2.45, 2.75) is 19.4 Å². The zero-order valence-corrected chi connectivity index (χ0v) is 16.9. The Morgan fingerprint density at radius 1 is 1.27 bits per heavy atom. The van der Waals surface area contributed by atoms with Gasteiger partial charge in [0.15, 0.2) is 17.2 Å². The van der Waals surface area contributed by atoms with Gasteiger partial charge in [0.25, 0.3) is 0 Å². The van der Waals surface area contributed by atoms with Crippen LogP contribution in [0.4, 0.5) is 10.1 Å². The summed E-state index contributed by atoms with van der Waals surface area (Å²) in [5.41, 5.74) is 2.57. The number of aromatic hydroxyl groups is 1. The lowest BCUT2D eigenvalue weighted by Crippen LogP contribution is -2.32. The van der Waals surface area contributed by atoms with Gasteiger partial charge in [-0.05, 0) is 37.2 Å². The van der Waals surface area contributed by atoms with Crippen LogP contribution in [0.15, 0.2) is 36.7 Å². The van der Waals surface area contributed by atoms with Gasteiger partial charge in [-0.25, -0.2) is 14.4 Å². The fourth-order valence-corrected chi connectivity index (χ4v) is 4.20. The standard InChI is InChI=1S/C22H23FN6O/c1-3-24-15-6-7-29(12-15)16-8-13-4-5-18(26-22(13)25-10-16)17-9-14-11-28(2)27-20(14)19(23)21(17)30/h4-5,8-11,15,24,30H,3,6-7,12H2,1-2H3/t15-/m1/s1. The summed E-state index contributed by atoms with van der Waals surface area (Å²) >= 11 is 0. The van der Waals surface area contributed by atoms with Crippen molar-refractivity contribution >= 4 is 27.6 Å². The van der Waals surface area contributed by atoms with Crippen molar-refractivity contribution < 1.29 is 9.50 Å². The fraction of sp³-hybridized carbons (Fsp3) is 0.318. The van der Waals surface area contributed by atoms with Gasteiger partial charge in [-0.15, -0.1) is 0 Å². The Morgan fingerprint density at radius 3 is 2.97 bits per heavy atom. The Kier molecular flexibility index (Phi) is 4.51. The van der Waals surface area contributed by atoms with Crippen molar-refractivity contribution in [3.63, 3.8) is 0 Å². The van der Waals surface area contributed by atoms with Gasteiger partial charge in [0.2, 0.25) is 0 Å². The number of benzene rings is 1. The first kappa shape index (κ1) is 18.7. The van der Waals surface area contributed by atoms with E-state index >= 15 is 0 Å². The summed E-state index contributed by atoms with van der Waals surface area (Å²) in [5.74, 6) is -1.19. The van der Waals surface area contributed by atoms with Crippen LogP contribution in [-0.2, 0) is 7.05 Å². The van der Waals surface area contributed by atoms with E-state index in [1.54, 1.807) is 25.4 Å². The Balaban J connectivity index is 1.50. The number of aromatic nitrogens is 4. The molecule has 8 heteroatoms. The van der Waals surface area contributed by atoms with Crippen LogP contribution in [0.25, 0.3) is 33.2 Å². The smallest absolute Gasteiger partial charge is 0.193 e. The van der Waals surface area contributed by atoms with Crippen molar-refractivity contribution in [2.24, 2.45) is 7.05 Å². The van der Waals surface area contributed by atoms with Gasteiger partial charge < -0.3 is 15.3 Å². The number of nitrogens with one attached hydrogen (secondary N) is 1. The van der Waals surface area contributed by atoms with Gasteiger partial charge in [-0.1, -0.05) is 6.92 Å². The SMILES string of the molecule is CCN[C@@H]1CCN(c2cnc3nc(-c4cc5cn(C)nc5c(F)c4O)ccc3c2)C1. The van der Waals surface area contributed by atoms with E-state index in [0.717, 1.165) is 37.1 Å². The van der Waals surface area contributed by atoms with Gasteiger partial charge in [-0.2, -0.15) is 5.10 Å². The minimum absolute atomic E-state index is 0.142. The Hall–Kier alpha value is -3.26. The van der Waals surface area contributed by atoms with E-state index in [4.69, 9.17) is 0 Å². The molecule has 2 N–H and O–H groups in total. The number of nitrogens with zero attached hydrogens (tertiary/aromatic N) is 5. The number of likely N-dealkylation sites (N-methyl/N-ethyl adjacent to an activating group) is 1. The van der Waals surface area contributed by atoms with E-state index < -0.39 is 11.6 Å². The third kappa shape index (κ3) is 3.13. The highest BCUT2D eigenvalue weighted by Gasteiger charge is 2.22. The monoisotopic (exact) mass is 406 g/mol. The zero-order valence-electron chi connectivity index (χ0n) is 16.9. The highest BCUT2D eigenvalue weighted by atomic mass is 19.1. The van der Waals surface area contributed by atoms with Crippen molar-refractivity contribution in [3.8, 4) is 17.0 Å². The average molecular weight is 406 g/mol. The molecule has 3 aromatic heterocycles. The molecular formula is C22H23FN6O. The van der Waals surface area contributed by atoms with Gasteiger partial charge in [-0.3, -0.25) is 4.68 Å². The zero-order chi connectivity index (χ0) is 20.8. The van der Waals surface area contributed by atoms with E-state index in [1.165, 1.54) is 4.68 Å². The van der Waals surface area contributed by atoms with Crippen molar-refractivity contribution in [2.75, 3.05) is 24.5 Å². The highest BCUT2D eigenvalue weighted by molar-refractivity contribution is 5.89. The first-order valence-corrected chi connectivity index (χ1v) is 10.1. The van der Waals surface area contributed by atoms with Gasteiger partial charge in [0, 0.05) is 48.7 Å². The quantitative estimate of drug-likeness (QED) is 0.542. The number of anilines is 1. The normalized spacial score (nSPS) is 16.8. The number of hydrogen-bond acceptors (Lipinski definition) is 6.